The van der Waals surface area contributed by atoms with Gasteiger partial charge in [-0.05, 0) is 13.3 Å². The van der Waals surface area contributed by atoms with Crippen molar-refractivity contribution in [3.63, 3.8) is 0 Å². The van der Waals surface area contributed by atoms with E-state index in [2.05, 4.69) is 6.92 Å². The average Bonchev–Trinajstić information content (AvgIpc) is 2.27. The SMILES string of the molecule is CCCCOCCOC/C=C/C(=O)OCC. The van der Waals surface area contributed by atoms with E-state index in [1.807, 2.05) is 0 Å². The molecule has 94 valence electrons. The van der Waals surface area contributed by atoms with Crippen LogP contribution in [0.5, 0.6) is 0 Å². The first kappa shape index (κ1) is 15.1. The van der Waals surface area contributed by atoms with E-state index >= 15 is 0 Å². The molecule has 0 aliphatic carbocycles. The van der Waals surface area contributed by atoms with Crippen molar-refractivity contribution < 1.29 is 19.0 Å². The summed E-state index contributed by atoms with van der Waals surface area (Å²) in [5.74, 6) is -0.328. The van der Waals surface area contributed by atoms with Crippen LogP contribution in [-0.4, -0.2) is 39.0 Å². The van der Waals surface area contributed by atoms with Crippen LogP contribution in [0.3, 0.4) is 0 Å². The van der Waals surface area contributed by atoms with Crippen LogP contribution < -0.4 is 0 Å². The quantitative estimate of drug-likeness (QED) is 0.327. The highest BCUT2D eigenvalue weighted by Gasteiger charge is 1.92. The summed E-state index contributed by atoms with van der Waals surface area (Å²) < 4.78 is 15.2. The molecule has 0 saturated heterocycles. The Morgan fingerprint density at radius 3 is 2.56 bits per heavy atom. The maximum atomic E-state index is 10.9. The van der Waals surface area contributed by atoms with Crippen molar-refractivity contribution >= 4 is 5.97 Å². The summed E-state index contributed by atoms with van der Waals surface area (Å²) in [6, 6.07) is 0. The minimum Gasteiger partial charge on any atom is -0.463 e. The molecule has 0 radical (unpaired) electrons. The summed E-state index contributed by atoms with van der Waals surface area (Å²) in [7, 11) is 0. The molecule has 0 unspecified atom stereocenters. The number of esters is 1. The second-order valence-electron chi connectivity index (χ2n) is 3.20. The second-order valence-corrected chi connectivity index (χ2v) is 3.20. The summed E-state index contributed by atoms with van der Waals surface area (Å²) >= 11 is 0. The Balaban J connectivity index is 3.17. The number of rotatable bonds is 10. The third-order valence-electron chi connectivity index (χ3n) is 1.77. The van der Waals surface area contributed by atoms with Gasteiger partial charge in [0.25, 0.3) is 0 Å². The Morgan fingerprint density at radius 1 is 1.12 bits per heavy atom. The first-order chi connectivity index (χ1) is 7.81. The molecule has 0 aromatic carbocycles. The van der Waals surface area contributed by atoms with E-state index < -0.39 is 0 Å². The molecule has 0 aliphatic heterocycles. The molecule has 0 rings (SSSR count). The molecule has 0 aromatic rings. The lowest BCUT2D eigenvalue weighted by Gasteiger charge is -2.02. The molecule has 0 amide bonds. The minimum absolute atomic E-state index is 0.328. The smallest absolute Gasteiger partial charge is 0.330 e. The van der Waals surface area contributed by atoms with Gasteiger partial charge in [0.15, 0.2) is 0 Å². The standard InChI is InChI=1S/C12H22O4/c1-3-5-8-14-10-11-15-9-6-7-12(13)16-4-2/h6-7H,3-5,8-11H2,1-2H3/b7-6+. The average molecular weight is 230 g/mol. The molecule has 4 heteroatoms. The Labute approximate surface area is 97.6 Å². The van der Waals surface area contributed by atoms with Gasteiger partial charge < -0.3 is 14.2 Å². The van der Waals surface area contributed by atoms with Gasteiger partial charge in [0.2, 0.25) is 0 Å². The molecule has 0 fully saturated rings. The van der Waals surface area contributed by atoms with Crippen LogP contribution >= 0.6 is 0 Å². The molecule has 4 nitrogen and oxygen atoms in total. The fraction of sp³-hybridized carbons (Fsp3) is 0.750. The fourth-order valence-electron chi connectivity index (χ4n) is 0.952. The molecule has 0 aromatic heterocycles. The molecule has 0 spiro atoms. The number of hydrogen-bond donors (Lipinski definition) is 0. The Hall–Kier alpha value is -0.870. The lowest BCUT2D eigenvalue weighted by atomic mass is 10.4. The van der Waals surface area contributed by atoms with Crippen LogP contribution in [0, 0.1) is 0 Å². The highest BCUT2D eigenvalue weighted by molar-refractivity contribution is 5.81. The van der Waals surface area contributed by atoms with E-state index in [9.17, 15) is 4.79 Å². The third kappa shape index (κ3) is 11.2. The van der Waals surface area contributed by atoms with Gasteiger partial charge in [-0.2, -0.15) is 0 Å². The fourth-order valence-corrected chi connectivity index (χ4v) is 0.952. The van der Waals surface area contributed by atoms with Crippen molar-refractivity contribution in [2.24, 2.45) is 0 Å². The Morgan fingerprint density at radius 2 is 1.88 bits per heavy atom. The van der Waals surface area contributed by atoms with Crippen LogP contribution in [0.1, 0.15) is 26.7 Å². The van der Waals surface area contributed by atoms with E-state index in [0.717, 1.165) is 19.4 Å². The lowest BCUT2D eigenvalue weighted by molar-refractivity contribution is -0.137. The lowest BCUT2D eigenvalue weighted by Crippen LogP contribution is -2.05. The predicted octanol–water partition coefficient (Wildman–Crippen LogP) is 1.94. The molecule has 0 atom stereocenters. The van der Waals surface area contributed by atoms with Gasteiger partial charge in [-0.15, -0.1) is 0 Å². The van der Waals surface area contributed by atoms with Gasteiger partial charge in [0, 0.05) is 12.7 Å². The largest absolute Gasteiger partial charge is 0.463 e. The number of ether oxygens (including phenoxy) is 3. The number of hydrogen-bond acceptors (Lipinski definition) is 4. The van der Waals surface area contributed by atoms with Crippen LogP contribution in [0.15, 0.2) is 12.2 Å². The van der Waals surface area contributed by atoms with Crippen molar-refractivity contribution in [1.29, 1.82) is 0 Å². The zero-order chi connectivity index (χ0) is 12.1. The van der Waals surface area contributed by atoms with Gasteiger partial charge in [-0.1, -0.05) is 19.4 Å². The zero-order valence-corrected chi connectivity index (χ0v) is 10.2. The molecule has 0 saturated carbocycles. The number of unbranched alkanes of at least 4 members (excludes halogenated alkanes) is 1. The maximum absolute atomic E-state index is 10.9. The highest BCUT2D eigenvalue weighted by Crippen LogP contribution is 1.88. The monoisotopic (exact) mass is 230 g/mol. The van der Waals surface area contributed by atoms with Crippen LogP contribution in [0.2, 0.25) is 0 Å². The van der Waals surface area contributed by atoms with E-state index in [0.29, 0.717) is 26.4 Å². The molecular weight excluding hydrogens is 208 g/mol. The van der Waals surface area contributed by atoms with E-state index in [1.54, 1.807) is 13.0 Å². The molecule has 16 heavy (non-hydrogen) atoms. The third-order valence-corrected chi connectivity index (χ3v) is 1.77. The Kier molecular flexibility index (Phi) is 11.5. The van der Waals surface area contributed by atoms with Gasteiger partial charge in [-0.3, -0.25) is 0 Å². The van der Waals surface area contributed by atoms with Gasteiger partial charge >= 0.3 is 5.97 Å². The summed E-state index contributed by atoms with van der Waals surface area (Å²) in [5, 5.41) is 0. The van der Waals surface area contributed by atoms with Crippen molar-refractivity contribution in [3.8, 4) is 0 Å². The van der Waals surface area contributed by atoms with E-state index in [-0.39, 0.29) is 5.97 Å². The zero-order valence-electron chi connectivity index (χ0n) is 10.2. The molecule has 0 aliphatic rings. The van der Waals surface area contributed by atoms with Crippen molar-refractivity contribution in [1.82, 2.24) is 0 Å². The van der Waals surface area contributed by atoms with Crippen molar-refractivity contribution in [3.05, 3.63) is 12.2 Å². The second kappa shape index (κ2) is 12.2. The number of carbonyl (C=O) groups excluding carboxylic acids is 1. The topological polar surface area (TPSA) is 44.8 Å². The molecule has 0 N–H and O–H groups in total. The molecule has 0 heterocycles. The minimum atomic E-state index is -0.328. The predicted molar refractivity (Wildman–Crippen MR) is 62.3 cm³/mol. The van der Waals surface area contributed by atoms with Crippen molar-refractivity contribution in [2.45, 2.75) is 26.7 Å². The van der Waals surface area contributed by atoms with Gasteiger partial charge in [-0.25, -0.2) is 4.79 Å². The summed E-state index contributed by atoms with van der Waals surface area (Å²) in [5.41, 5.74) is 0. The van der Waals surface area contributed by atoms with E-state index in [1.165, 1.54) is 6.08 Å². The molecular formula is C12H22O4. The van der Waals surface area contributed by atoms with Crippen LogP contribution in [0.25, 0.3) is 0 Å². The first-order valence-electron chi connectivity index (χ1n) is 5.80. The Bertz CT molecular complexity index is 189. The number of carbonyl (C=O) groups is 1. The van der Waals surface area contributed by atoms with Crippen LogP contribution in [-0.2, 0) is 19.0 Å². The molecule has 0 bridgehead atoms. The maximum Gasteiger partial charge on any atom is 0.330 e. The van der Waals surface area contributed by atoms with Gasteiger partial charge in [0.1, 0.15) is 0 Å². The van der Waals surface area contributed by atoms with Crippen molar-refractivity contribution in [2.75, 3.05) is 33.0 Å². The van der Waals surface area contributed by atoms with Gasteiger partial charge in [0.05, 0.1) is 26.4 Å². The van der Waals surface area contributed by atoms with E-state index in [4.69, 9.17) is 14.2 Å². The summed E-state index contributed by atoms with van der Waals surface area (Å²) in [6.07, 6.45) is 5.25. The van der Waals surface area contributed by atoms with Crippen LogP contribution in [0.4, 0.5) is 0 Å². The highest BCUT2D eigenvalue weighted by atomic mass is 16.5. The normalized spacial score (nSPS) is 10.9. The summed E-state index contributed by atoms with van der Waals surface area (Å²) in [4.78, 5) is 10.9. The summed E-state index contributed by atoms with van der Waals surface area (Å²) in [6.45, 7) is 6.66. The first-order valence-corrected chi connectivity index (χ1v) is 5.80.